The zero-order valence-electron chi connectivity index (χ0n) is 20.7. The molecule has 5 rings (SSSR count). The number of carbonyl (C=O) groups is 1. The van der Waals surface area contributed by atoms with Gasteiger partial charge in [0.2, 0.25) is 12.3 Å². The summed E-state index contributed by atoms with van der Waals surface area (Å²) in [4.78, 5) is 21.5. The highest BCUT2D eigenvalue weighted by Crippen LogP contribution is 2.47. The first-order valence-corrected chi connectivity index (χ1v) is 12.9. The zero-order valence-corrected chi connectivity index (χ0v) is 20.7. The van der Waals surface area contributed by atoms with E-state index in [9.17, 15) is 26.7 Å². The number of likely N-dealkylation sites (tertiary alicyclic amines) is 1. The van der Waals surface area contributed by atoms with Crippen LogP contribution in [0.2, 0.25) is 0 Å². The molecule has 1 aromatic heterocycles. The number of methoxy groups -OCH3 is 1. The molecule has 0 aromatic carbocycles. The van der Waals surface area contributed by atoms with Crippen LogP contribution in [0.25, 0.3) is 0 Å². The highest BCUT2D eigenvalue weighted by molar-refractivity contribution is 5.84. The van der Waals surface area contributed by atoms with E-state index in [2.05, 4.69) is 10.3 Å². The molecule has 1 amide bonds. The van der Waals surface area contributed by atoms with Crippen LogP contribution < -0.4 is 10.2 Å². The molecule has 1 aliphatic carbocycles. The van der Waals surface area contributed by atoms with Gasteiger partial charge in [-0.3, -0.25) is 4.79 Å². The Morgan fingerprint density at radius 2 is 2.11 bits per heavy atom. The van der Waals surface area contributed by atoms with Crippen molar-refractivity contribution in [1.29, 1.82) is 0 Å². The fraction of sp³-hybridized carbons (Fsp3) is 0.760. The van der Waals surface area contributed by atoms with Gasteiger partial charge in [0.15, 0.2) is 0 Å². The van der Waals surface area contributed by atoms with E-state index in [1.54, 1.807) is 16.9 Å². The predicted octanol–water partition coefficient (Wildman–Crippen LogP) is 3.48. The van der Waals surface area contributed by atoms with Crippen molar-refractivity contribution in [3.05, 3.63) is 23.9 Å². The Hall–Kier alpha value is -2.05. The van der Waals surface area contributed by atoms with Gasteiger partial charge in [0.25, 0.3) is 0 Å². The number of ether oxygens (including phenoxy) is 2. The van der Waals surface area contributed by atoms with Crippen LogP contribution >= 0.6 is 0 Å². The predicted molar refractivity (Wildman–Crippen MR) is 124 cm³/mol. The highest BCUT2D eigenvalue weighted by Gasteiger charge is 2.54. The molecule has 4 fully saturated rings. The molecule has 1 saturated carbocycles. The molecule has 1 N–H and O–H groups in total. The first-order chi connectivity index (χ1) is 17.6. The number of halogens is 5. The van der Waals surface area contributed by atoms with Gasteiger partial charge in [0.1, 0.15) is 5.82 Å². The van der Waals surface area contributed by atoms with E-state index in [4.69, 9.17) is 9.47 Å². The normalized spacial score (nSPS) is 34.1. The summed E-state index contributed by atoms with van der Waals surface area (Å²) >= 11 is 0. The van der Waals surface area contributed by atoms with Crippen molar-refractivity contribution in [2.24, 2.45) is 5.41 Å². The van der Waals surface area contributed by atoms with Gasteiger partial charge in [-0.2, -0.15) is 13.2 Å². The summed E-state index contributed by atoms with van der Waals surface area (Å²) < 4.78 is 78.0. The average molecular weight is 533 g/mol. The number of amides is 1. The summed E-state index contributed by atoms with van der Waals surface area (Å²) in [6, 6.07) is 1.51. The number of aromatic nitrogens is 1. The molecule has 0 unspecified atom stereocenters. The van der Waals surface area contributed by atoms with Crippen LogP contribution in [0.5, 0.6) is 0 Å². The number of piperazine rings is 1. The monoisotopic (exact) mass is 532 g/mol. The number of rotatable bonds is 7. The number of alkyl halides is 5. The summed E-state index contributed by atoms with van der Waals surface area (Å²) in [6.07, 6.45) is -3.88. The number of nitrogens with one attached hydrogen (secondary N) is 1. The van der Waals surface area contributed by atoms with Crippen LogP contribution in [0, 0.1) is 5.41 Å². The number of hydrogen-bond acceptors (Lipinski definition) is 6. The lowest BCUT2D eigenvalue weighted by atomic mass is 9.80. The largest absolute Gasteiger partial charge is 0.416 e. The first kappa shape index (κ1) is 26.6. The zero-order chi connectivity index (χ0) is 26.4. The molecule has 1 aromatic rings. The number of carbonyl (C=O) groups excluding carboxylic acids is 1. The molecule has 3 saturated heterocycles. The average Bonchev–Trinajstić information content (AvgIpc) is 3.58. The number of fused-ring (bicyclic) bond motifs is 2. The molecule has 0 spiro atoms. The van der Waals surface area contributed by atoms with Gasteiger partial charge < -0.3 is 24.6 Å². The van der Waals surface area contributed by atoms with Crippen LogP contribution in [-0.2, 0) is 20.4 Å². The third kappa shape index (κ3) is 5.29. The van der Waals surface area contributed by atoms with Crippen LogP contribution in [0.4, 0.5) is 27.8 Å². The summed E-state index contributed by atoms with van der Waals surface area (Å²) in [5.41, 5.74) is -1.92. The molecular weight excluding hydrogens is 499 g/mol. The molecule has 206 valence electrons. The third-order valence-electron chi connectivity index (χ3n) is 8.53. The second kappa shape index (κ2) is 10.3. The molecule has 0 radical (unpaired) electrons. The smallest absolute Gasteiger partial charge is 0.379 e. The Kier molecular flexibility index (Phi) is 7.36. The summed E-state index contributed by atoms with van der Waals surface area (Å²) in [5, 5.41) is 3.54. The van der Waals surface area contributed by atoms with Crippen molar-refractivity contribution in [2.75, 3.05) is 38.3 Å². The lowest BCUT2D eigenvalue weighted by Gasteiger charge is -2.40. The number of hydrogen-bond donors (Lipinski definition) is 1. The van der Waals surface area contributed by atoms with Crippen molar-refractivity contribution in [3.8, 4) is 0 Å². The first-order valence-electron chi connectivity index (χ1n) is 12.9. The fourth-order valence-corrected chi connectivity index (χ4v) is 6.72. The summed E-state index contributed by atoms with van der Waals surface area (Å²) in [5.74, 6) is -0.0254. The minimum absolute atomic E-state index is 0.0394. The molecule has 3 aliphatic heterocycles. The molecule has 4 aliphatic rings. The van der Waals surface area contributed by atoms with Gasteiger partial charge >= 0.3 is 6.18 Å². The van der Waals surface area contributed by atoms with Crippen molar-refractivity contribution < 1.29 is 36.2 Å². The van der Waals surface area contributed by atoms with Crippen LogP contribution in [0.3, 0.4) is 0 Å². The Morgan fingerprint density at radius 1 is 1.30 bits per heavy atom. The molecular formula is C25H33F5N4O3. The van der Waals surface area contributed by atoms with Gasteiger partial charge in [0.05, 0.1) is 35.8 Å². The SMILES string of the molecule is CO[C@@H]1COCC[C@@H]1N[C@@H]1CC[C@](CC(F)F)(C(=O)N2C[C@H]3C[C@H]2CN3c2cc(C(F)(F)F)ccn2)C1. The van der Waals surface area contributed by atoms with Gasteiger partial charge in [-0.05, 0) is 44.2 Å². The lowest BCUT2D eigenvalue weighted by Crippen LogP contribution is -2.54. The van der Waals surface area contributed by atoms with Crippen LogP contribution in [0.15, 0.2) is 18.3 Å². The quantitative estimate of drug-likeness (QED) is 0.543. The van der Waals surface area contributed by atoms with E-state index in [-0.39, 0.29) is 42.0 Å². The molecule has 37 heavy (non-hydrogen) atoms. The number of pyridine rings is 1. The van der Waals surface area contributed by atoms with E-state index < -0.39 is 30.0 Å². The molecule has 12 heteroatoms. The minimum Gasteiger partial charge on any atom is -0.379 e. The van der Waals surface area contributed by atoms with Gasteiger partial charge in [-0.1, -0.05) is 0 Å². The Morgan fingerprint density at radius 3 is 2.78 bits per heavy atom. The maximum absolute atomic E-state index is 13.8. The maximum Gasteiger partial charge on any atom is 0.416 e. The molecule has 2 bridgehead atoms. The second-order valence-electron chi connectivity index (χ2n) is 10.8. The van der Waals surface area contributed by atoms with E-state index in [0.29, 0.717) is 52.0 Å². The van der Waals surface area contributed by atoms with Crippen molar-refractivity contribution in [2.45, 2.75) is 81.4 Å². The van der Waals surface area contributed by atoms with Gasteiger partial charge in [-0.25, -0.2) is 13.8 Å². The molecule has 6 atom stereocenters. The third-order valence-corrected chi connectivity index (χ3v) is 8.53. The van der Waals surface area contributed by atoms with Gasteiger partial charge in [0, 0.05) is 51.5 Å². The minimum atomic E-state index is -4.47. The van der Waals surface area contributed by atoms with Gasteiger partial charge in [-0.15, -0.1) is 0 Å². The topological polar surface area (TPSA) is 66.9 Å². The molecule has 7 nitrogen and oxygen atoms in total. The Balaban J connectivity index is 1.27. The second-order valence-corrected chi connectivity index (χ2v) is 10.8. The number of anilines is 1. The summed E-state index contributed by atoms with van der Waals surface area (Å²) in [6.45, 7) is 1.71. The van der Waals surface area contributed by atoms with Crippen molar-refractivity contribution in [1.82, 2.24) is 15.2 Å². The van der Waals surface area contributed by atoms with Crippen LogP contribution in [0.1, 0.15) is 44.1 Å². The standard InChI is InChI=1S/C25H33F5N4O3/c1-36-20-14-37-7-4-19(20)32-16-2-5-24(10-16,11-21(26)27)23(35)34-13-17-9-18(34)12-33(17)22-8-15(3-6-31-22)25(28,29)30/h3,6,8,16-21,32H,2,4-5,7,9-14H2,1H3/t16-,17-,18+,19+,20-,24+/m1/s1. The summed E-state index contributed by atoms with van der Waals surface area (Å²) in [7, 11) is 1.62. The maximum atomic E-state index is 13.8. The van der Waals surface area contributed by atoms with Crippen molar-refractivity contribution >= 4 is 11.7 Å². The van der Waals surface area contributed by atoms with E-state index in [1.807, 2.05) is 0 Å². The molecule has 4 heterocycles. The van der Waals surface area contributed by atoms with Crippen molar-refractivity contribution in [3.63, 3.8) is 0 Å². The Labute approximate surface area is 212 Å². The van der Waals surface area contributed by atoms with E-state index in [1.165, 1.54) is 0 Å². The van der Waals surface area contributed by atoms with Crippen LogP contribution in [-0.4, -0.2) is 85.9 Å². The van der Waals surface area contributed by atoms with E-state index >= 15 is 0 Å². The van der Waals surface area contributed by atoms with E-state index in [0.717, 1.165) is 24.8 Å². The lowest BCUT2D eigenvalue weighted by molar-refractivity contribution is -0.146. The fourth-order valence-electron chi connectivity index (χ4n) is 6.72. The highest BCUT2D eigenvalue weighted by atomic mass is 19.4. The number of nitrogens with zero attached hydrogens (tertiary/aromatic N) is 3. The Bertz CT molecular complexity index is 982.